The van der Waals surface area contributed by atoms with Gasteiger partial charge in [-0.2, -0.15) is 4.31 Å². The van der Waals surface area contributed by atoms with Gasteiger partial charge >= 0.3 is 5.97 Å². The van der Waals surface area contributed by atoms with Crippen LogP contribution in [0.1, 0.15) is 43.0 Å². The third-order valence-electron chi connectivity index (χ3n) is 4.66. The monoisotopic (exact) mass is 382 g/mol. The lowest BCUT2D eigenvalue weighted by Crippen LogP contribution is -2.43. The van der Waals surface area contributed by atoms with Gasteiger partial charge in [-0.3, -0.25) is 9.59 Å². The molecule has 0 aromatic heterocycles. The first-order valence-electron chi connectivity index (χ1n) is 8.86. The summed E-state index contributed by atoms with van der Waals surface area (Å²) >= 11 is 0. The lowest BCUT2D eigenvalue weighted by molar-refractivity contribution is -0.142. The van der Waals surface area contributed by atoms with Crippen LogP contribution >= 0.6 is 0 Å². The quantitative estimate of drug-likeness (QED) is 0.779. The van der Waals surface area contributed by atoms with E-state index in [0.29, 0.717) is 19.4 Å². The van der Waals surface area contributed by atoms with Crippen LogP contribution in [0.4, 0.5) is 0 Å². The molecule has 144 valence electrons. The zero-order valence-corrected chi connectivity index (χ0v) is 16.0. The molecule has 2 rings (SSSR count). The number of nitrogens with zero attached hydrogens (tertiary/aromatic N) is 2. The molecule has 1 aromatic carbocycles. The van der Waals surface area contributed by atoms with Gasteiger partial charge in [0.2, 0.25) is 10.0 Å². The Morgan fingerprint density at radius 2 is 2.00 bits per heavy atom. The lowest BCUT2D eigenvalue weighted by Gasteiger charge is -2.30. The summed E-state index contributed by atoms with van der Waals surface area (Å²) in [5.74, 6) is -2.05. The first-order valence-corrected chi connectivity index (χ1v) is 10.3. The molecular weight excluding hydrogens is 356 g/mol. The van der Waals surface area contributed by atoms with Gasteiger partial charge in [0.25, 0.3) is 5.91 Å². The van der Waals surface area contributed by atoms with E-state index in [1.807, 2.05) is 6.92 Å². The van der Waals surface area contributed by atoms with Crippen LogP contribution in [-0.4, -0.2) is 61.3 Å². The molecule has 1 aromatic rings. The van der Waals surface area contributed by atoms with Crippen molar-refractivity contribution in [2.75, 3.05) is 26.7 Å². The van der Waals surface area contributed by atoms with E-state index >= 15 is 0 Å². The van der Waals surface area contributed by atoms with Crippen LogP contribution in [0.15, 0.2) is 29.2 Å². The molecule has 1 aliphatic heterocycles. The number of carbonyl (C=O) groups excluding carboxylic acids is 1. The Balaban J connectivity index is 2.33. The first kappa shape index (κ1) is 20.4. The summed E-state index contributed by atoms with van der Waals surface area (Å²) in [5, 5.41) is 9.21. The molecular formula is C18H26N2O5S. The number of unbranched alkanes of at least 4 members (excludes halogenated alkanes) is 1. The lowest BCUT2D eigenvalue weighted by atomic mass is 10.0. The van der Waals surface area contributed by atoms with Crippen LogP contribution in [-0.2, 0) is 14.8 Å². The zero-order valence-electron chi connectivity index (χ0n) is 15.2. The van der Waals surface area contributed by atoms with E-state index in [1.54, 1.807) is 19.2 Å². The molecule has 1 N–H and O–H groups in total. The third kappa shape index (κ3) is 4.42. The van der Waals surface area contributed by atoms with Crippen molar-refractivity contribution < 1.29 is 23.1 Å². The van der Waals surface area contributed by atoms with Crippen LogP contribution in [0.2, 0.25) is 0 Å². The number of hydrogen-bond acceptors (Lipinski definition) is 4. The van der Waals surface area contributed by atoms with Gasteiger partial charge in [0.1, 0.15) is 0 Å². The van der Waals surface area contributed by atoms with Crippen molar-refractivity contribution in [3.8, 4) is 0 Å². The van der Waals surface area contributed by atoms with Crippen molar-refractivity contribution in [3.63, 3.8) is 0 Å². The normalized spacial score (nSPS) is 18.5. The number of aliphatic carboxylic acids is 1. The molecule has 1 amide bonds. The highest BCUT2D eigenvalue weighted by atomic mass is 32.2. The Morgan fingerprint density at radius 1 is 1.31 bits per heavy atom. The molecule has 0 spiro atoms. The van der Waals surface area contributed by atoms with E-state index in [1.165, 1.54) is 21.3 Å². The molecule has 0 bridgehead atoms. The number of sulfonamides is 1. The van der Waals surface area contributed by atoms with Crippen molar-refractivity contribution in [1.29, 1.82) is 0 Å². The molecule has 0 saturated carbocycles. The fourth-order valence-corrected chi connectivity index (χ4v) is 4.78. The molecule has 7 nitrogen and oxygen atoms in total. The van der Waals surface area contributed by atoms with Gasteiger partial charge in [-0.05, 0) is 31.4 Å². The predicted octanol–water partition coefficient (Wildman–Crippen LogP) is 2.04. The zero-order chi connectivity index (χ0) is 19.3. The molecule has 1 fully saturated rings. The van der Waals surface area contributed by atoms with Crippen LogP contribution in [0.25, 0.3) is 0 Å². The first-order chi connectivity index (χ1) is 12.3. The van der Waals surface area contributed by atoms with E-state index in [2.05, 4.69) is 0 Å². The van der Waals surface area contributed by atoms with Gasteiger partial charge in [-0.25, -0.2) is 8.42 Å². The second kappa shape index (κ2) is 8.64. The highest BCUT2D eigenvalue weighted by molar-refractivity contribution is 7.89. The number of rotatable bonds is 7. The van der Waals surface area contributed by atoms with Gasteiger partial charge in [0.05, 0.1) is 16.4 Å². The van der Waals surface area contributed by atoms with Gasteiger partial charge in [-0.1, -0.05) is 25.5 Å². The van der Waals surface area contributed by atoms with E-state index < -0.39 is 21.9 Å². The van der Waals surface area contributed by atoms with Gasteiger partial charge in [0, 0.05) is 26.7 Å². The Kier molecular flexibility index (Phi) is 6.77. The van der Waals surface area contributed by atoms with Crippen LogP contribution in [0.3, 0.4) is 0 Å². The smallest absolute Gasteiger partial charge is 0.307 e. The van der Waals surface area contributed by atoms with Gasteiger partial charge in [0.15, 0.2) is 0 Å². The largest absolute Gasteiger partial charge is 0.481 e. The van der Waals surface area contributed by atoms with E-state index in [-0.39, 0.29) is 29.5 Å². The SMILES string of the molecule is CCCCN(C)C(=O)c1ccccc1S(=O)(=O)N1CCCC(C(=O)O)C1. The number of carboxylic acid groups (broad SMARTS) is 1. The molecule has 1 heterocycles. The summed E-state index contributed by atoms with van der Waals surface area (Å²) in [7, 11) is -2.28. The van der Waals surface area contributed by atoms with Crippen molar-refractivity contribution in [1.82, 2.24) is 9.21 Å². The van der Waals surface area contributed by atoms with Crippen molar-refractivity contribution >= 4 is 21.9 Å². The van der Waals surface area contributed by atoms with Crippen molar-refractivity contribution in [2.45, 2.75) is 37.5 Å². The molecule has 1 saturated heterocycles. The fourth-order valence-electron chi connectivity index (χ4n) is 3.07. The minimum Gasteiger partial charge on any atom is -0.481 e. The average Bonchev–Trinajstić information content (AvgIpc) is 2.65. The highest BCUT2D eigenvalue weighted by Crippen LogP contribution is 2.26. The minimum absolute atomic E-state index is 0.0561. The average molecular weight is 382 g/mol. The number of piperidine rings is 1. The Labute approximate surface area is 154 Å². The second-order valence-electron chi connectivity index (χ2n) is 6.62. The molecule has 1 unspecified atom stereocenters. The van der Waals surface area contributed by atoms with E-state index in [0.717, 1.165) is 12.8 Å². The van der Waals surface area contributed by atoms with Crippen molar-refractivity contribution in [3.05, 3.63) is 29.8 Å². The van der Waals surface area contributed by atoms with E-state index in [4.69, 9.17) is 0 Å². The summed E-state index contributed by atoms with van der Waals surface area (Å²) in [5.41, 5.74) is 0.128. The number of carboxylic acids is 1. The molecule has 0 radical (unpaired) electrons. The highest BCUT2D eigenvalue weighted by Gasteiger charge is 2.35. The fraction of sp³-hybridized carbons (Fsp3) is 0.556. The van der Waals surface area contributed by atoms with Gasteiger partial charge in [-0.15, -0.1) is 0 Å². The van der Waals surface area contributed by atoms with E-state index in [9.17, 15) is 23.1 Å². The summed E-state index contributed by atoms with van der Waals surface area (Å²) in [6, 6.07) is 6.14. The number of hydrogen-bond donors (Lipinski definition) is 1. The molecule has 1 atom stereocenters. The maximum Gasteiger partial charge on any atom is 0.307 e. The summed E-state index contributed by atoms with van der Waals surface area (Å²) in [6.07, 6.45) is 2.72. The summed E-state index contributed by atoms with van der Waals surface area (Å²) in [4.78, 5) is 25.4. The third-order valence-corrected chi connectivity index (χ3v) is 6.59. The second-order valence-corrected chi connectivity index (χ2v) is 8.52. The summed E-state index contributed by atoms with van der Waals surface area (Å²) < 4.78 is 27.3. The maximum atomic E-state index is 13.1. The number of carbonyl (C=O) groups is 2. The molecule has 26 heavy (non-hydrogen) atoms. The minimum atomic E-state index is -3.94. The van der Waals surface area contributed by atoms with Crippen LogP contribution in [0, 0.1) is 5.92 Å². The van der Waals surface area contributed by atoms with Crippen LogP contribution in [0.5, 0.6) is 0 Å². The van der Waals surface area contributed by atoms with Crippen LogP contribution < -0.4 is 0 Å². The standard InChI is InChI=1S/C18H26N2O5S/c1-3-4-11-19(2)17(21)15-9-5-6-10-16(15)26(24,25)20-12-7-8-14(13-20)18(22)23/h5-6,9-10,14H,3-4,7-8,11-13H2,1-2H3,(H,22,23). The van der Waals surface area contributed by atoms with Gasteiger partial charge < -0.3 is 10.0 Å². The Bertz CT molecular complexity index is 763. The Hall–Kier alpha value is -1.93. The number of amides is 1. The Morgan fingerprint density at radius 3 is 2.65 bits per heavy atom. The van der Waals surface area contributed by atoms with Crippen molar-refractivity contribution in [2.24, 2.45) is 5.92 Å². The predicted molar refractivity (Wildman–Crippen MR) is 97.4 cm³/mol. The molecule has 0 aliphatic carbocycles. The topological polar surface area (TPSA) is 95.0 Å². The maximum absolute atomic E-state index is 13.1. The molecule has 8 heteroatoms. The molecule has 1 aliphatic rings. The summed E-state index contributed by atoms with van der Waals surface area (Å²) in [6.45, 7) is 2.77. The number of benzene rings is 1.